The van der Waals surface area contributed by atoms with Gasteiger partial charge in [-0.2, -0.15) is 0 Å². The average Bonchev–Trinajstić information content (AvgIpc) is 2.91. The first-order valence-electron chi connectivity index (χ1n) is 10.6. The Morgan fingerprint density at radius 3 is 2.10 bits per heavy atom. The van der Waals surface area contributed by atoms with Crippen molar-refractivity contribution in [2.24, 2.45) is 5.73 Å². The Hall–Kier alpha value is -1.38. The zero-order valence-electron chi connectivity index (χ0n) is 20.0. The van der Waals surface area contributed by atoms with Crippen molar-refractivity contribution in [3.8, 4) is 0 Å². The molecule has 2 rings (SSSR count). The minimum atomic E-state index is -2.18. The largest absolute Gasteiger partial charge is 0.518 e. The Bertz CT molecular complexity index is 886. The predicted molar refractivity (Wildman–Crippen MR) is 130 cm³/mol. The van der Waals surface area contributed by atoms with E-state index in [0.717, 1.165) is 5.56 Å². The molecule has 2 aromatic rings. The Morgan fingerprint density at radius 1 is 1.03 bits per heavy atom. The molecule has 0 aliphatic carbocycles. The van der Waals surface area contributed by atoms with Gasteiger partial charge < -0.3 is 14.4 Å². The van der Waals surface area contributed by atoms with Gasteiger partial charge in [0.05, 0.1) is 0 Å². The second kappa shape index (κ2) is 7.71. The molecule has 0 saturated heterocycles. The molecule has 4 nitrogen and oxygen atoms in total. The van der Waals surface area contributed by atoms with Gasteiger partial charge in [0.1, 0.15) is 6.04 Å². The highest BCUT2D eigenvalue weighted by molar-refractivity contribution is 6.79. The van der Waals surface area contributed by atoms with Crippen LogP contribution in [-0.4, -0.2) is 32.8 Å². The van der Waals surface area contributed by atoms with Crippen molar-refractivity contribution in [1.82, 2.24) is 4.23 Å². The van der Waals surface area contributed by atoms with E-state index in [9.17, 15) is 4.79 Å². The van der Waals surface area contributed by atoms with E-state index in [1.165, 1.54) is 10.9 Å². The summed E-state index contributed by atoms with van der Waals surface area (Å²) in [4.78, 5) is 12.8. The molecule has 0 amide bonds. The molecule has 0 bridgehead atoms. The standard InChI is InChI=1S/C23H40N2O2Si2/c1-22(2,3)28(7,8)25-16-17(18-13-11-12-14-20(18)25)15-19(24)21(26)27-29(9,10)23(4,5)6/h11-14,16,19H,15,24H2,1-10H3. The third-order valence-corrected chi connectivity index (χ3v) is 16.7. The van der Waals surface area contributed by atoms with Crippen LogP contribution in [0.4, 0.5) is 0 Å². The van der Waals surface area contributed by atoms with Crippen molar-refractivity contribution < 1.29 is 9.22 Å². The number of hydrogen-bond acceptors (Lipinski definition) is 3. The summed E-state index contributed by atoms with van der Waals surface area (Å²) in [6.45, 7) is 22.3. The van der Waals surface area contributed by atoms with E-state index in [-0.39, 0.29) is 16.0 Å². The van der Waals surface area contributed by atoms with Crippen LogP contribution in [0.15, 0.2) is 30.5 Å². The lowest BCUT2D eigenvalue weighted by atomic mass is 10.1. The van der Waals surface area contributed by atoms with E-state index in [0.29, 0.717) is 6.42 Å². The maximum absolute atomic E-state index is 12.8. The van der Waals surface area contributed by atoms with E-state index in [4.69, 9.17) is 10.2 Å². The first-order chi connectivity index (χ1) is 13.0. The van der Waals surface area contributed by atoms with Crippen LogP contribution in [0.1, 0.15) is 47.1 Å². The van der Waals surface area contributed by atoms with Crippen molar-refractivity contribution in [2.45, 2.75) is 90.3 Å². The maximum Gasteiger partial charge on any atom is 0.309 e. The second-order valence-corrected chi connectivity index (χ2v) is 21.2. The van der Waals surface area contributed by atoms with E-state index in [1.807, 2.05) is 0 Å². The second-order valence-electron chi connectivity index (χ2n) is 11.3. The van der Waals surface area contributed by atoms with Gasteiger partial charge in [-0.05, 0) is 41.0 Å². The fraction of sp³-hybridized carbons (Fsp3) is 0.609. The minimum Gasteiger partial charge on any atom is -0.518 e. The molecule has 1 aromatic carbocycles. The first kappa shape index (κ1) is 23.9. The maximum atomic E-state index is 12.8. The molecule has 1 heterocycles. The van der Waals surface area contributed by atoms with Gasteiger partial charge in [-0.3, -0.25) is 4.79 Å². The Labute approximate surface area is 179 Å². The quantitative estimate of drug-likeness (QED) is 0.597. The summed E-state index contributed by atoms with van der Waals surface area (Å²) in [7, 11) is -3.98. The van der Waals surface area contributed by atoms with Gasteiger partial charge >= 0.3 is 5.97 Å². The zero-order chi connectivity index (χ0) is 22.4. The highest BCUT2D eigenvalue weighted by Crippen LogP contribution is 2.40. The number of fused-ring (bicyclic) bond motifs is 1. The molecule has 6 heteroatoms. The molecule has 162 valence electrons. The number of nitrogens with two attached hydrogens (primary N) is 1. The molecule has 1 unspecified atom stereocenters. The number of aromatic nitrogens is 1. The highest BCUT2D eigenvalue weighted by Gasteiger charge is 2.42. The molecule has 0 aliphatic heterocycles. The molecule has 0 fully saturated rings. The van der Waals surface area contributed by atoms with E-state index in [2.05, 4.69) is 102 Å². The molecule has 29 heavy (non-hydrogen) atoms. The van der Waals surface area contributed by atoms with Crippen molar-refractivity contribution in [1.29, 1.82) is 0 Å². The summed E-state index contributed by atoms with van der Waals surface area (Å²) in [5.41, 5.74) is 8.71. The van der Waals surface area contributed by atoms with Crippen molar-refractivity contribution in [2.75, 3.05) is 0 Å². The number of para-hydroxylation sites is 1. The predicted octanol–water partition coefficient (Wildman–Crippen LogP) is 5.91. The lowest BCUT2D eigenvalue weighted by Gasteiger charge is -2.38. The fourth-order valence-electron chi connectivity index (χ4n) is 3.04. The van der Waals surface area contributed by atoms with Gasteiger partial charge in [0.15, 0.2) is 8.24 Å². The van der Waals surface area contributed by atoms with E-state index < -0.39 is 22.6 Å². The van der Waals surface area contributed by atoms with Crippen molar-refractivity contribution >= 4 is 33.4 Å². The molecule has 1 atom stereocenters. The van der Waals surface area contributed by atoms with Gasteiger partial charge in [0.2, 0.25) is 0 Å². The summed E-state index contributed by atoms with van der Waals surface area (Å²) >= 11 is 0. The summed E-state index contributed by atoms with van der Waals surface area (Å²) in [5, 5.41) is 1.36. The third kappa shape index (κ3) is 4.70. The van der Waals surface area contributed by atoms with E-state index >= 15 is 0 Å². The lowest BCUT2D eigenvalue weighted by molar-refractivity contribution is -0.136. The van der Waals surface area contributed by atoms with Crippen molar-refractivity contribution in [3.05, 3.63) is 36.0 Å². The SMILES string of the molecule is CC(C)(C)[Si](C)(C)OC(=O)C(N)Cc1cn([Si](C)(C)C(C)(C)C)c2ccccc12. The van der Waals surface area contributed by atoms with Crippen LogP contribution in [-0.2, 0) is 15.6 Å². The van der Waals surface area contributed by atoms with Crippen LogP contribution >= 0.6 is 0 Å². The number of carbonyl (C=O) groups is 1. The topological polar surface area (TPSA) is 57.2 Å². The van der Waals surface area contributed by atoms with Gasteiger partial charge in [-0.15, -0.1) is 0 Å². The number of nitrogens with zero attached hydrogens (tertiary/aromatic N) is 1. The number of rotatable bonds is 5. The normalized spacial score (nSPS) is 14.9. The smallest absolute Gasteiger partial charge is 0.309 e. The van der Waals surface area contributed by atoms with Crippen LogP contribution in [0, 0.1) is 0 Å². The molecule has 0 aliphatic rings. The summed E-state index contributed by atoms with van der Waals surface area (Å²) in [6, 6.07) is 7.81. The third-order valence-electron chi connectivity index (χ3n) is 7.14. The van der Waals surface area contributed by atoms with Crippen LogP contribution in [0.5, 0.6) is 0 Å². The van der Waals surface area contributed by atoms with Gasteiger partial charge in [-0.25, -0.2) is 0 Å². The summed E-state index contributed by atoms with van der Waals surface area (Å²) in [5.74, 6) is -0.277. The molecule has 1 aromatic heterocycles. The van der Waals surface area contributed by atoms with Crippen LogP contribution in [0.2, 0.25) is 36.3 Å². The highest BCUT2D eigenvalue weighted by atomic mass is 28.4. The molecular formula is C23H40N2O2Si2. The molecule has 0 saturated carbocycles. The monoisotopic (exact) mass is 432 g/mol. The first-order valence-corrected chi connectivity index (χ1v) is 16.4. The average molecular weight is 433 g/mol. The Kier molecular flexibility index (Phi) is 6.35. The number of carbonyl (C=O) groups excluding carboxylic acids is 1. The molecular weight excluding hydrogens is 392 g/mol. The van der Waals surface area contributed by atoms with E-state index in [1.54, 1.807) is 0 Å². The van der Waals surface area contributed by atoms with Crippen LogP contribution in [0.3, 0.4) is 0 Å². The van der Waals surface area contributed by atoms with Gasteiger partial charge in [-0.1, -0.05) is 72.8 Å². The number of benzene rings is 1. The van der Waals surface area contributed by atoms with Gasteiger partial charge in [0, 0.05) is 17.3 Å². The summed E-state index contributed by atoms with van der Waals surface area (Å²) in [6.07, 6.45) is 2.73. The zero-order valence-corrected chi connectivity index (χ0v) is 22.0. The van der Waals surface area contributed by atoms with Gasteiger partial charge in [0.25, 0.3) is 8.32 Å². The number of hydrogen-bond donors (Lipinski definition) is 1. The van der Waals surface area contributed by atoms with Crippen molar-refractivity contribution in [3.63, 3.8) is 0 Å². The Morgan fingerprint density at radius 2 is 1.59 bits per heavy atom. The van der Waals surface area contributed by atoms with Crippen LogP contribution in [0.25, 0.3) is 10.9 Å². The molecule has 2 N–H and O–H groups in total. The summed E-state index contributed by atoms with van der Waals surface area (Å²) < 4.78 is 8.43. The lowest BCUT2D eigenvalue weighted by Crippen LogP contribution is -2.47. The minimum absolute atomic E-state index is 0.0270. The Balaban J connectivity index is 2.37. The van der Waals surface area contributed by atoms with Crippen LogP contribution < -0.4 is 5.73 Å². The molecule has 0 radical (unpaired) electrons. The molecule has 0 spiro atoms. The fourth-order valence-corrected chi connectivity index (χ4v) is 6.00.